The van der Waals surface area contributed by atoms with Gasteiger partial charge in [-0.1, -0.05) is 6.92 Å². The highest BCUT2D eigenvalue weighted by atomic mass is 79.9. The standard InChI is InChI=1S/C25H23BrFN5O4S/c1-3-23(33)32-19-10-16-18(11-21(19)35-2)29-13-30-24(16)36-20-5-4-15(9-17(20)27)31-25(34)28-7-6-14-8-22(26)37-12-14/h4-5,8-13H,3,6-7H2,1-2H3,(H,32,33)(H2,28,31,34). The molecule has 0 aliphatic carbocycles. The minimum atomic E-state index is -0.694. The van der Waals surface area contributed by atoms with Crippen molar-refractivity contribution in [2.24, 2.45) is 0 Å². The number of ether oxygens (including phenoxy) is 2. The normalized spacial score (nSPS) is 10.7. The number of urea groups is 1. The molecule has 0 saturated heterocycles. The van der Waals surface area contributed by atoms with Crippen LogP contribution in [0, 0.1) is 5.82 Å². The van der Waals surface area contributed by atoms with Gasteiger partial charge < -0.3 is 25.4 Å². The van der Waals surface area contributed by atoms with E-state index in [1.807, 2.05) is 11.4 Å². The van der Waals surface area contributed by atoms with Crippen molar-refractivity contribution in [1.82, 2.24) is 15.3 Å². The Morgan fingerprint density at radius 2 is 1.95 bits per heavy atom. The van der Waals surface area contributed by atoms with Crippen LogP contribution in [0.1, 0.15) is 18.9 Å². The van der Waals surface area contributed by atoms with E-state index in [1.165, 1.54) is 25.6 Å². The van der Waals surface area contributed by atoms with Crippen LogP contribution in [-0.4, -0.2) is 35.6 Å². The lowest BCUT2D eigenvalue weighted by molar-refractivity contribution is -0.115. The second-order valence-corrected chi connectivity index (χ2v) is 10.1. The molecule has 4 aromatic rings. The summed E-state index contributed by atoms with van der Waals surface area (Å²) in [6, 6.07) is 8.87. The van der Waals surface area contributed by atoms with Crippen molar-refractivity contribution in [3.63, 3.8) is 0 Å². The summed E-state index contributed by atoms with van der Waals surface area (Å²) in [7, 11) is 1.48. The third kappa shape index (κ3) is 6.71. The number of benzene rings is 2. The Kier molecular flexibility index (Phi) is 8.51. The summed E-state index contributed by atoms with van der Waals surface area (Å²) in [4.78, 5) is 32.5. The molecule has 37 heavy (non-hydrogen) atoms. The topological polar surface area (TPSA) is 114 Å². The molecule has 3 N–H and O–H groups in total. The van der Waals surface area contributed by atoms with Gasteiger partial charge in [0.25, 0.3) is 0 Å². The Hall–Kier alpha value is -3.77. The highest BCUT2D eigenvalue weighted by molar-refractivity contribution is 9.11. The molecule has 0 radical (unpaired) electrons. The molecule has 2 aromatic carbocycles. The first-order valence-electron chi connectivity index (χ1n) is 11.2. The van der Waals surface area contributed by atoms with Gasteiger partial charge in [-0.3, -0.25) is 4.79 Å². The van der Waals surface area contributed by atoms with Gasteiger partial charge in [-0.05, 0) is 57.6 Å². The Balaban J connectivity index is 1.46. The summed E-state index contributed by atoms with van der Waals surface area (Å²) in [6.07, 6.45) is 2.25. The maximum atomic E-state index is 14.9. The van der Waals surface area contributed by atoms with Gasteiger partial charge in [-0.2, -0.15) is 0 Å². The van der Waals surface area contributed by atoms with Gasteiger partial charge in [0.15, 0.2) is 11.6 Å². The molecule has 0 atom stereocenters. The number of hydrogen-bond donors (Lipinski definition) is 3. The van der Waals surface area contributed by atoms with Crippen LogP contribution in [0.4, 0.5) is 20.6 Å². The average Bonchev–Trinajstić information content (AvgIpc) is 3.30. The van der Waals surface area contributed by atoms with Crippen LogP contribution in [0.2, 0.25) is 0 Å². The fraction of sp³-hybridized carbons (Fsp3) is 0.200. The van der Waals surface area contributed by atoms with Crippen LogP contribution < -0.4 is 25.4 Å². The first kappa shape index (κ1) is 26.3. The number of anilines is 2. The van der Waals surface area contributed by atoms with Crippen LogP contribution in [0.15, 0.2) is 51.9 Å². The van der Waals surface area contributed by atoms with Crippen LogP contribution in [0.25, 0.3) is 10.9 Å². The summed E-state index contributed by atoms with van der Waals surface area (Å²) in [5, 5.41) is 10.6. The van der Waals surface area contributed by atoms with E-state index in [0.29, 0.717) is 35.3 Å². The molecule has 3 amide bonds. The molecule has 0 bridgehead atoms. The lowest BCUT2D eigenvalue weighted by atomic mass is 10.2. The number of fused-ring (bicyclic) bond motifs is 1. The van der Waals surface area contributed by atoms with Crippen LogP contribution in [0.5, 0.6) is 17.4 Å². The Morgan fingerprint density at radius 1 is 1.11 bits per heavy atom. The maximum Gasteiger partial charge on any atom is 0.319 e. The molecule has 0 saturated carbocycles. The SMILES string of the molecule is CCC(=O)Nc1cc2c(Oc3ccc(NC(=O)NCCc4csc(Br)c4)cc3F)ncnc2cc1OC. The fourth-order valence-electron chi connectivity index (χ4n) is 3.38. The molecule has 2 aromatic heterocycles. The van der Waals surface area contributed by atoms with E-state index in [-0.39, 0.29) is 29.6 Å². The number of rotatable bonds is 9. The number of aromatic nitrogens is 2. The predicted molar refractivity (Wildman–Crippen MR) is 144 cm³/mol. The monoisotopic (exact) mass is 587 g/mol. The number of hydrogen-bond acceptors (Lipinski definition) is 7. The lowest BCUT2D eigenvalue weighted by Crippen LogP contribution is -2.30. The molecular weight excluding hydrogens is 565 g/mol. The van der Waals surface area contributed by atoms with Crippen molar-refractivity contribution in [2.45, 2.75) is 19.8 Å². The Morgan fingerprint density at radius 3 is 2.65 bits per heavy atom. The highest BCUT2D eigenvalue weighted by Crippen LogP contribution is 2.35. The molecule has 0 spiro atoms. The quantitative estimate of drug-likeness (QED) is 0.218. The van der Waals surface area contributed by atoms with Gasteiger partial charge in [-0.25, -0.2) is 19.2 Å². The average molecular weight is 588 g/mol. The molecule has 0 unspecified atom stereocenters. The highest BCUT2D eigenvalue weighted by Gasteiger charge is 2.15. The number of nitrogens with one attached hydrogen (secondary N) is 3. The van der Waals surface area contributed by atoms with E-state index in [2.05, 4.69) is 41.8 Å². The van der Waals surface area contributed by atoms with Gasteiger partial charge in [0, 0.05) is 30.8 Å². The molecule has 9 nitrogen and oxygen atoms in total. The van der Waals surface area contributed by atoms with Crippen LogP contribution in [0.3, 0.4) is 0 Å². The third-order valence-electron chi connectivity index (χ3n) is 5.23. The van der Waals surface area contributed by atoms with Crippen molar-refractivity contribution in [1.29, 1.82) is 0 Å². The molecule has 0 fully saturated rings. The molecule has 192 valence electrons. The zero-order valence-electron chi connectivity index (χ0n) is 19.9. The number of methoxy groups -OCH3 is 1. The van der Waals surface area contributed by atoms with E-state index in [9.17, 15) is 14.0 Å². The van der Waals surface area contributed by atoms with Gasteiger partial charge in [0.05, 0.1) is 27.5 Å². The summed E-state index contributed by atoms with van der Waals surface area (Å²) in [5.41, 5.74) is 2.28. The number of carbonyl (C=O) groups is 2. The lowest BCUT2D eigenvalue weighted by Gasteiger charge is -2.13. The smallest absolute Gasteiger partial charge is 0.319 e. The molecule has 12 heteroatoms. The van der Waals surface area contributed by atoms with Gasteiger partial charge in [0.2, 0.25) is 11.8 Å². The minimum absolute atomic E-state index is 0.0936. The summed E-state index contributed by atoms with van der Waals surface area (Å²) < 4.78 is 27.0. The maximum absolute atomic E-state index is 14.9. The summed E-state index contributed by atoms with van der Waals surface area (Å²) >= 11 is 4.99. The number of amides is 3. The minimum Gasteiger partial charge on any atom is -0.494 e. The molecule has 4 rings (SSSR count). The van der Waals surface area contributed by atoms with Crippen molar-refractivity contribution in [3.05, 3.63) is 63.3 Å². The molecular formula is C25H23BrFN5O4S. The fourth-order valence-corrected chi connectivity index (χ4v) is 4.63. The summed E-state index contributed by atoms with van der Waals surface area (Å²) in [5.74, 6) is -0.474. The largest absolute Gasteiger partial charge is 0.494 e. The van der Waals surface area contributed by atoms with Gasteiger partial charge in [-0.15, -0.1) is 11.3 Å². The summed E-state index contributed by atoms with van der Waals surface area (Å²) in [6.45, 7) is 2.17. The Labute approximate surface area is 224 Å². The van der Waals surface area contributed by atoms with E-state index >= 15 is 0 Å². The van der Waals surface area contributed by atoms with Crippen molar-refractivity contribution in [2.75, 3.05) is 24.3 Å². The molecule has 0 aliphatic heterocycles. The Bertz CT molecular complexity index is 1450. The third-order valence-corrected chi connectivity index (χ3v) is 6.79. The van der Waals surface area contributed by atoms with Gasteiger partial charge >= 0.3 is 6.03 Å². The number of halogens is 2. The number of carbonyl (C=O) groups excluding carboxylic acids is 2. The molecule has 2 heterocycles. The van der Waals surface area contributed by atoms with E-state index in [4.69, 9.17) is 9.47 Å². The zero-order valence-corrected chi connectivity index (χ0v) is 22.3. The van der Waals surface area contributed by atoms with E-state index < -0.39 is 11.8 Å². The first-order chi connectivity index (χ1) is 17.9. The van der Waals surface area contributed by atoms with E-state index in [0.717, 1.165) is 15.4 Å². The van der Waals surface area contributed by atoms with E-state index in [1.54, 1.807) is 30.4 Å². The number of thiophene rings is 1. The predicted octanol–water partition coefficient (Wildman–Crippen LogP) is 6.11. The number of nitrogens with zero attached hydrogens (tertiary/aromatic N) is 2. The molecule has 0 aliphatic rings. The van der Waals surface area contributed by atoms with Crippen LogP contribution >= 0.6 is 27.3 Å². The first-order valence-corrected chi connectivity index (χ1v) is 12.9. The second kappa shape index (κ2) is 12.0. The van der Waals surface area contributed by atoms with Gasteiger partial charge in [0.1, 0.15) is 12.1 Å². The van der Waals surface area contributed by atoms with Crippen LogP contribution in [-0.2, 0) is 11.2 Å². The zero-order chi connectivity index (χ0) is 26.4. The second-order valence-electron chi connectivity index (χ2n) is 7.79. The van der Waals surface area contributed by atoms with Crippen molar-refractivity contribution < 1.29 is 23.5 Å². The van der Waals surface area contributed by atoms with Crippen molar-refractivity contribution >= 4 is 61.5 Å². The van der Waals surface area contributed by atoms with Crippen molar-refractivity contribution in [3.8, 4) is 17.4 Å².